The van der Waals surface area contributed by atoms with Crippen LogP contribution in [0.1, 0.15) is 27.2 Å². The molecule has 1 N–H and O–H groups in total. The Kier molecular flexibility index (Phi) is 4.43. The van der Waals surface area contributed by atoms with Gasteiger partial charge in [-0.25, -0.2) is 0 Å². The number of nitrogens with zero attached hydrogens (tertiary/aromatic N) is 1. The number of allylic oxidation sites excluding steroid dienone is 4. The minimum absolute atomic E-state index is 0.103. The first kappa shape index (κ1) is 13.9. The van der Waals surface area contributed by atoms with Crippen molar-refractivity contribution in [3.63, 3.8) is 0 Å². The number of morpholine rings is 1. The summed E-state index contributed by atoms with van der Waals surface area (Å²) in [5, 5.41) is 3.13. The summed E-state index contributed by atoms with van der Waals surface area (Å²) in [5.41, 5.74) is 2.17. The van der Waals surface area contributed by atoms with Gasteiger partial charge in [-0.1, -0.05) is 18.6 Å². The molecule has 19 heavy (non-hydrogen) atoms. The third kappa shape index (κ3) is 2.89. The molecule has 2 aliphatic heterocycles. The van der Waals surface area contributed by atoms with E-state index in [1.165, 1.54) is 5.57 Å². The van der Waals surface area contributed by atoms with Crippen molar-refractivity contribution in [1.29, 1.82) is 0 Å². The average molecular weight is 262 g/mol. The van der Waals surface area contributed by atoms with Crippen LogP contribution in [0.5, 0.6) is 0 Å². The topological polar surface area (TPSA) is 41.6 Å². The Labute approximate surface area is 114 Å². The lowest BCUT2D eigenvalue weighted by molar-refractivity contribution is -0.135. The average Bonchev–Trinajstić information content (AvgIpc) is 2.44. The lowest BCUT2D eigenvalue weighted by atomic mass is 10.1. The van der Waals surface area contributed by atoms with E-state index in [-0.39, 0.29) is 11.9 Å². The summed E-state index contributed by atoms with van der Waals surface area (Å²) in [6.07, 6.45) is 7.00. The number of piperazine rings is 1. The molecule has 0 aromatic carbocycles. The van der Waals surface area contributed by atoms with E-state index in [9.17, 15) is 4.79 Å². The molecule has 2 saturated heterocycles. The summed E-state index contributed by atoms with van der Waals surface area (Å²) in [7, 11) is 0. The molecule has 0 aliphatic carbocycles. The minimum Gasteiger partial charge on any atom is -0.490 e. The second kappa shape index (κ2) is 6.06. The largest absolute Gasteiger partial charge is 0.490 e. The Morgan fingerprint density at radius 2 is 2.37 bits per heavy atom. The predicted molar refractivity (Wildman–Crippen MR) is 75.3 cm³/mol. The van der Waals surface area contributed by atoms with Crippen molar-refractivity contribution >= 4 is 5.91 Å². The van der Waals surface area contributed by atoms with E-state index in [2.05, 4.69) is 25.2 Å². The highest BCUT2D eigenvalue weighted by Gasteiger charge is 2.36. The molecule has 0 aromatic heterocycles. The number of hydrogen-bond acceptors (Lipinski definition) is 3. The van der Waals surface area contributed by atoms with Gasteiger partial charge in [0.2, 0.25) is 5.91 Å². The maximum Gasteiger partial charge on any atom is 0.241 e. The number of hydrogen-bond donors (Lipinski definition) is 1. The first-order chi connectivity index (χ1) is 9.17. The molecule has 4 heteroatoms. The van der Waals surface area contributed by atoms with Crippen LogP contribution in [0.4, 0.5) is 0 Å². The molecular formula is C15H22N2O2. The standard InChI is InChI=1S/C15H22N2O2/c1-4-11(3)6-7-13-14(5-2)19-10-12-8-16-9-15(18)17(12)13/h5-7,12,16H,4,8-10H2,1-3H3/b11-6+,13-7+,14-5+. The van der Waals surface area contributed by atoms with Crippen LogP contribution in [0.15, 0.2) is 35.3 Å². The van der Waals surface area contributed by atoms with Crippen molar-refractivity contribution in [3.8, 4) is 0 Å². The van der Waals surface area contributed by atoms with Crippen LogP contribution >= 0.6 is 0 Å². The van der Waals surface area contributed by atoms with Crippen molar-refractivity contribution in [2.75, 3.05) is 19.7 Å². The molecule has 1 atom stereocenters. The second-order valence-electron chi connectivity index (χ2n) is 4.93. The molecule has 1 unspecified atom stereocenters. The van der Waals surface area contributed by atoms with E-state index in [0.29, 0.717) is 13.2 Å². The van der Waals surface area contributed by atoms with Crippen LogP contribution in [0, 0.1) is 0 Å². The SMILES string of the molecule is C/C=C1/OCC2CNCC(=O)N2/C1=C/C=C(\C)CC. The van der Waals surface area contributed by atoms with Gasteiger partial charge in [-0.05, 0) is 32.4 Å². The van der Waals surface area contributed by atoms with E-state index < -0.39 is 0 Å². The van der Waals surface area contributed by atoms with Gasteiger partial charge in [0.15, 0.2) is 0 Å². The molecule has 104 valence electrons. The highest BCUT2D eigenvalue weighted by molar-refractivity contribution is 5.82. The van der Waals surface area contributed by atoms with E-state index in [1.54, 1.807) is 0 Å². The number of carbonyl (C=O) groups excluding carboxylic acids is 1. The quantitative estimate of drug-likeness (QED) is 0.827. The van der Waals surface area contributed by atoms with Gasteiger partial charge in [-0.15, -0.1) is 0 Å². The van der Waals surface area contributed by atoms with Crippen LogP contribution in [0.3, 0.4) is 0 Å². The molecule has 0 aromatic rings. The Bertz CT molecular complexity index is 449. The van der Waals surface area contributed by atoms with Crippen LogP contribution in [-0.2, 0) is 9.53 Å². The zero-order valence-electron chi connectivity index (χ0n) is 11.9. The van der Waals surface area contributed by atoms with Gasteiger partial charge < -0.3 is 15.0 Å². The third-order valence-electron chi connectivity index (χ3n) is 3.58. The summed E-state index contributed by atoms with van der Waals surface area (Å²) in [4.78, 5) is 14.0. The Morgan fingerprint density at radius 1 is 1.58 bits per heavy atom. The third-order valence-corrected chi connectivity index (χ3v) is 3.58. The van der Waals surface area contributed by atoms with E-state index in [4.69, 9.17) is 4.74 Å². The molecule has 2 heterocycles. The normalized spacial score (nSPS) is 28.6. The molecule has 2 rings (SSSR count). The lowest BCUT2D eigenvalue weighted by Crippen LogP contribution is -2.58. The summed E-state index contributed by atoms with van der Waals surface area (Å²) in [6.45, 7) is 7.90. The zero-order chi connectivity index (χ0) is 13.8. The number of fused-ring (bicyclic) bond motifs is 1. The monoisotopic (exact) mass is 262 g/mol. The number of ether oxygens (including phenoxy) is 1. The van der Waals surface area contributed by atoms with Crippen molar-refractivity contribution in [2.45, 2.75) is 33.2 Å². The number of rotatable bonds is 2. The predicted octanol–water partition coefficient (Wildman–Crippen LogP) is 1.96. The summed E-state index contributed by atoms with van der Waals surface area (Å²) in [6, 6.07) is 0.103. The zero-order valence-corrected chi connectivity index (χ0v) is 11.9. The highest BCUT2D eigenvalue weighted by Crippen LogP contribution is 2.27. The first-order valence-corrected chi connectivity index (χ1v) is 6.87. The fourth-order valence-corrected chi connectivity index (χ4v) is 2.30. The number of carbonyl (C=O) groups is 1. The van der Waals surface area contributed by atoms with Gasteiger partial charge in [0.1, 0.15) is 12.4 Å². The summed E-state index contributed by atoms with van der Waals surface area (Å²) in [5.74, 6) is 0.916. The summed E-state index contributed by atoms with van der Waals surface area (Å²) >= 11 is 0. The van der Waals surface area contributed by atoms with Crippen LogP contribution in [-0.4, -0.2) is 36.5 Å². The van der Waals surface area contributed by atoms with Crippen molar-refractivity contribution in [3.05, 3.63) is 35.3 Å². The van der Waals surface area contributed by atoms with Gasteiger partial charge in [0.25, 0.3) is 0 Å². The van der Waals surface area contributed by atoms with Crippen LogP contribution in [0.25, 0.3) is 0 Å². The highest BCUT2D eigenvalue weighted by atomic mass is 16.5. The molecule has 4 nitrogen and oxygen atoms in total. The molecule has 2 aliphatic rings. The lowest BCUT2D eigenvalue weighted by Gasteiger charge is -2.41. The van der Waals surface area contributed by atoms with E-state index in [0.717, 1.165) is 24.4 Å². The first-order valence-electron chi connectivity index (χ1n) is 6.87. The van der Waals surface area contributed by atoms with Crippen molar-refractivity contribution in [1.82, 2.24) is 10.2 Å². The summed E-state index contributed by atoms with van der Waals surface area (Å²) < 4.78 is 5.75. The Balaban J connectivity index is 2.34. The molecule has 0 spiro atoms. The molecule has 0 saturated carbocycles. The molecule has 1 amide bonds. The maximum atomic E-state index is 12.1. The maximum absolute atomic E-state index is 12.1. The van der Waals surface area contributed by atoms with Crippen molar-refractivity contribution < 1.29 is 9.53 Å². The molecule has 0 radical (unpaired) electrons. The van der Waals surface area contributed by atoms with Gasteiger partial charge >= 0.3 is 0 Å². The van der Waals surface area contributed by atoms with Gasteiger partial charge in [-0.3, -0.25) is 4.79 Å². The second-order valence-corrected chi connectivity index (χ2v) is 4.93. The van der Waals surface area contributed by atoms with E-state index in [1.807, 2.05) is 24.0 Å². The Hall–Kier alpha value is -1.55. The smallest absolute Gasteiger partial charge is 0.241 e. The van der Waals surface area contributed by atoms with Crippen LogP contribution < -0.4 is 5.32 Å². The number of amides is 1. The minimum atomic E-state index is 0.103. The van der Waals surface area contributed by atoms with Crippen LogP contribution in [0.2, 0.25) is 0 Å². The molecule has 0 bridgehead atoms. The number of nitrogens with one attached hydrogen (secondary N) is 1. The fourth-order valence-electron chi connectivity index (χ4n) is 2.30. The Morgan fingerprint density at radius 3 is 3.05 bits per heavy atom. The van der Waals surface area contributed by atoms with Crippen molar-refractivity contribution in [2.24, 2.45) is 0 Å². The van der Waals surface area contributed by atoms with E-state index >= 15 is 0 Å². The van der Waals surface area contributed by atoms with Gasteiger partial charge in [-0.2, -0.15) is 0 Å². The molecular weight excluding hydrogens is 240 g/mol. The van der Waals surface area contributed by atoms with Gasteiger partial charge in [0.05, 0.1) is 18.3 Å². The van der Waals surface area contributed by atoms with Gasteiger partial charge in [0, 0.05) is 6.54 Å². The fraction of sp³-hybridized carbons (Fsp3) is 0.533. The molecule has 2 fully saturated rings.